The first kappa shape index (κ1) is 15.5. The molecule has 1 N–H and O–H groups in total. The molecule has 1 amide bonds. The zero-order chi connectivity index (χ0) is 15.6. The van der Waals surface area contributed by atoms with Gasteiger partial charge < -0.3 is 5.32 Å². The summed E-state index contributed by atoms with van der Waals surface area (Å²) in [6, 6.07) is 7.24. The molecule has 21 heavy (non-hydrogen) atoms. The van der Waals surface area contributed by atoms with Crippen molar-refractivity contribution < 1.29 is 4.79 Å². The van der Waals surface area contributed by atoms with E-state index in [9.17, 15) is 9.59 Å². The lowest BCUT2D eigenvalue weighted by Gasteiger charge is -2.20. The number of amides is 1. The van der Waals surface area contributed by atoms with Crippen molar-refractivity contribution in [3.63, 3.8) is 0 Å². The Labute approximate surface area is 127 Å². The van der Waals surface area contributed by atoms with Gasteiger partial charge in [-0.05, 0) is 19.9 Å². The average Bonchev–Trinajstić information content (AvgIpc) is 2.49. The maximum atomic E-state index is 12.1. The first-order valence-electron chi connectivity index (χ1n) is 6.66. The number of alkyl halides is 1. The molecule has 1 heterocycles. The second-order valence-electron chi connectivity index (χ2n) is 5.62. The number of nitrogens with zero attached hydrogens (tertiary/aromatic N) is 2. The molecule has 0 aliphatic heterocycles. The van der Waals surface area contributed by atoms with Crippen molar-refractivity contribution in [3.05, 3.63) is 40.3 Å². The van der Waals surface area contributed by atoms with E-state index in [4.69, 9.17) is 11.6 Å². The quantitative estimate of drug-likeness (QED) is 0.876. The molecule has 1 aromatic heterocycles. The van der Waals surface area contributed by atoms with Crippen LogP contribution in [0.25, 0.3) is 10.8 Å². The molecule has 0 saturated heterocycles. The molecule has 2 aromatic rings. The van der Waals surface area contributed by atoms with Crippen LogP contribution in [0, 0.1) is 5.41 Å². The highest BCUT2D eigenvalue weighted by molar-refractivity contribution is 6.19. The van der Waals surface area contributed by atoms with Gasteiger partial charge in [0.05, 0.1) is 23.0 Å². The standard InChI is InChI=1S/C15H18ClN3O2/c1-15(2,9-16)14(21)17-8-12-10-6-4-5-7-11(10)13(20)19(3)18-12/h4-7H,8-9H2,1-3H3,(H,17,21). The van der Waals surface area contributed by atoms with E-state index >= 15 is 0 Å². The number of fused-ring (bicyclic) bond motifs is 1. The molecule has 0 atom stereocenters. The van der Waals surface area contributed by atoms with Crippen molar-refractivity contribution in [2.45, 2.75) is 20.4 Å². The predicted octanol–water partition coefficient (Wildman–Crippen LogP) is 1.81. The van der Waals surface area contributed by atoms with Crippen LogP contribution in [-0.4, -0.2) is 21.6 Å². The Balaban J connectivity index is 2.34. The summed E-state index contributed by atoms with van der Waals surface area (Å²) in [5.41, 5.74) is -0.133. The molecule has 0 bridgehead atoms. The van der Waals surface area contributed by atoms with Gasteiger partial charge in [-0.2, -0.15) is 5.10 Å². The third-order valence-corrected chi connectivity index (χ3v) is 4.07. The fraction of sp³-hybridized carbons (Fsp3) is 0.400. The van der Waals surface area contributed by atoms with Crippen LogP contribution in [0.4, 0.5) is 0 Å². The summed E-state index contributed by atoms with van der Waals surface area (Å²) in [5, 5.41) is 8.41. The highest BCUT2D eigenvalue weighted by Crippen LogP contribution is 2.18. The van der Waals surface area contributed by atoms with Crippen LogP contribution in [0.1, 0.15) is 19.5 Å². The Morgan fingerprint density at radius 3 is 2.57 bits per heavy atom. The predicted molar refractivity (Wildman–Crippen MR) is 83.3 cm³/mol. The molecule has 0 aliphatic carbocycles. The third-order valence-electron chi connectivity index (χ3n) is 3.40. The Hall–Kier alpha value is -1.88. The normalized spacial score (nSPS) is 11.6. The van der Waals surface area contributed by atoms with E-state index in [-0.39, 0.29) is 23.9 Å². The largest absolute Gasteiger partial charge is 0.350 e. The van der Waals surface area contributed by atoms with Crippen molar-refractivity contribution in [2.24, 2.45) is 12.5 Å². The van der Waals surface area contributed by atoms with Crippen molar-refractivity contribution in [1.29, 1.82) is 0 Å². The average molecular weight is 308 g/mol. The van der Waals surface area contributed by atoms with Crippen LogP contribution in [0.2, 0.25) is 0 Å². The fourth-order valence-corrected chi connectivity index (χ4v) is 2.09. The van der Waals surface area contributed by atoms with Gasteiger partial charge in [0.2, 0.25) is 5.91 Å². The molecule has 5 nitrogen and oxygen atoms in total. The minimum atomic E-state index is -0.641. The lowest BCUT2D eigenvalue weighted by atomic mass is 9.95. The monoisotopic (exact) mass is 307 g/mol. The van der Waals surface area contributed by atoms with Crippen molar-refractivity contribution in [1.82, 2.24) is 15.1 Å². The van der Waals surface area contributed by atoms with Crippen LogP contribution in [0.5, 0.6) is 0 Å². The van der Waals surface area contributed by atoms with E-state index < -0.39 is 5.41 Å². The van der Waals surface area contributed by atoms with Gasteiger partial charge >= 0.3 is 0 Å². The highest BCUT2D eigenvalue weighted by Gasteiger charge is 2.26. The Morgan fingerprint density at radius 2 is 1.95 bits per heavy atom. The van der Waals surface area contributed by atoms with Crippen molar-refractivity contribution >= 4 is 28.3 Å². The molecule has 1 aromatic carbocycles. The molecule has 6 heteroatoms. The topological polar surface area (TPSA) is 64.0 Å². The molecule has 0 spiro atoms. The summed E-state index contributed by atoms with van der Waals surface area (Å²) in [4.78, 5) is 24.1. The van der Waals surface area contributed by atoms with Gasteiger partial charge in [0.25, 0.3) is 5.56 Å². The summed E-state index contributed by atoms with van der Waals surface area (Å²) >= 11 is 5.79. The van der Waals surface area contributed by atoms with E-state index in [2.05, 4.69) is 10.4 Å². The molecular formula is C15H18ClN3O2. The lowest BCUT2D eigenvalue weighted by molar-refractivity contribution is -0.128. The number of benzene rings is 1. The smallest absolute Gasteiger partial charge is 0.274 e. The summed E-state index contributed by atoms with van der Waals surface area (Å²) in [7, 11) is 1.60. The molecule has 2 rings (SSSR count). The van der Waals surface area contributed by atoms with Gasteiger partial charge in [-0.1, -0.05) is 18.2 Å². The SMILES string of the molecule is Cn1nc(CNC(=O)C(C)(C)CCl)c2ccccc2c1=O. The van der Waals surface area contributed by atoms with Gasteiger partial charge in [0, 0.05) is 18.3 Å². The van der Waals surface area contributed by atoms with Crippen LogP contribution in [0.3, 0.4) is 0 Å². The molecule has 0 radical (unpaired) electrons. The van der Waals surface area contributed by atoms with E-state index in [1.807, 2.05) is 18.2 Å². The molecule has 0 fully saturated rings. The van der Waals surface area contributed by atoms with Crippen LogP contribution < -0.4 is 10.9 Å². The zero-order valence-corrected chi connectivity index (χ0v) is 13.1. The number of aryl methyl sites for hydroxylation is 1. The maximum Gasteiger partial charge on any atom is 0.274 e. The molecule has 0 unspecified atom stereocenters. The molecule has 0 saturated carbocycles. The van der Waals surface area contributed by atoms with Gasteiger partial charge in [-0.3, -0.25) is 9.59 Å². The summed E-state index contributed by atoms with van der Waals surface area (Å²) in [6.45, 7) is 3.82. The second-order valence-corrected chi connectivity index (χ2v) is 5.89. The molecule has 0 aliphatic rings. The first-order chi connectivity index (χ1) is 9.86. The van der Waals surface area contributed by atoms with Crippen LogP contribution in [0.15, 0.2) is 29.1 Å². The number of aromatic nitrogens is 2. The fourth-order valence-electron chi connectivity index (χ4n) is 1.97. The number of carbonyl (C=O) groups is 1. The Morgan fingerprint density at radius 1 is 1.33 bits per heavy atom. The van der Waals surface area contributed by atoms with E-state index in [1.165, 1.54) is 4.68 Å². The first-order valence-corrected chi connectivity index (χ1v) is 7.19. The van der Waals surface area contributed by atoms with Crippen molar-refractivity contribution in [2.75, 3.05) is 5.88 Å². The van der Waals surface area contributed by atoms with Crippen LogP contribution in [-0.2, 0) is 18.4 Å². The number of hydrogen-bond donors (Lipinski definition) is 1. The lowest BCUT2D eigenvalue weighted by Crippen LogP contribution is -2.38. The third kappa shape index (κ3) is 3.08. The molecular weight excluding hydrogens is 290 g/mol. The van der Waals surface area contributed by atoms with Gasteiger partial charge in [-0.15, -0.1) is 11.6 Å². The van der Waals surface area contributed by atoms with Crippen molar-refractivity contribution in [3.8, 4) is 0 Å². The number of halogens is 1. The van der Waals surface area contributed by atoms with E-state index in [0.717, 1.165) is 5.39 Å². The number of carbonyl (C=O) groups excluding carboxylic acids is 1. The summed E-state index contributed by atoms with van der Waals surface area (Å²) in [5.74, 6) is 0.0949. The highest BCUT2D eigenvalue weighted by atomic mass is 35.5. The minimum Gasteiger partial charge on any atom is -0.350 e. The summed E-state index contributed by atoms with van der Waals surface area (Å²) in [6.07, 6.45) is 0. The maximum absolute atomic E-state index is 12.1. The zero-order valence-electron chi connectivity index (χ0n) is 12.3. The second kappa shape index (κ2) is 5.85. The number of rotatable bonds is 4. The van der Waals surface area contributed by atoms with Gasteiger partial charge in [0.15, 0.2) is 0 Å². The van der Waals surface area contributed by atoms with Crippen LogP contribution >= 0.6 is 11.6 Å². The molecule has 112 valence electrons. The Kier molecular flexibility index (Phi) is 4.32. The van der Waals surface area contributed by atoms with E-state index in [1.54, 1.807) is 27.0 Å². The van der Waals surface area contributed by atoms with Gasteiger partial charge in [-0.25, -0.2) is 4.68 Å². The Bertz CT molecular complexity index is 737. The number of nitrogens with one attached hydrogen (secondary N) is 1. The van der Waals surface area contributed by atoms with E-state index in [0.29, 0.717) is 11.1 Å². The van der Waals surface area contributed by atoms with Gasteiger partial charge in [0.1, 0.15) is 0 Å². The minimum absolute atomic E-state index is 0.141. The summed E-state index contributed by atoms with van der Waals surface area (Å²) < 4.78 is 1.29. The number of hydrogen-bond acceptors (Lipinski definition) is 3.